The molecule has 4 heterocycles. The van der Waals surface area contributed by atoms with Crippen LogP contribution in [-0.4, -0.2) is 85.0 Å². The maximum atomic E-state index is 15.1. The summed E-state index contributed by atoms with van der Waals surface area (Å²) in [5.74, 6) is -4.85. The minimum atomic E-state index is -4.99. The summed E-state index contributed by atoms with van der Waals surface area (Å²) in [7, 11) is -4.99. The molecular formula is C23H23F3N5O9P. The molecule has 0 aliphatic carbocycles. The van der Waals surface area contributed by atoms with Crippen molar-refractivity contribution in [2.45, 2.75) is 12.5 Å². The third kappa shape index (κ3) is 5.87. The number of amides is 2. The molecule has 2 atom stereocenters. The van der Waals surface area contributed by atoms with Gasteiger partial charge in [0.1, 0.15) is 18.1 Å². The van der Waals surface area contributed by atoms with Crippen LogP contribution in [0.2, 0.25) is 0 Å². The first-order valence-corrected chi connectivity index (χ1v) is 13.8. The van der Waals surface area contributed by atoms with Crippen molar-refractivity contribution in [3.05, 3.63) is 48.1 Å². The number of morpholine rings is 1. The number of hydrogen-bond donors (Lipinski definition) is 1. The highest BCUT2D eigenvalue weighted by atomic mass is 31.2. The Balaban J connectivity index is 1.35. The molecule has 2 aromatic rings. The maximum absolute atomic E-state index is 15.1. The first-order chi connectivity index (χ1) is 19.5. The summed E-state index contributed by atoms with van der Waals surface area (Å²) in [5, 5.41) is 3.59. The summed E-state index contributed by atoms with van der Waals surface area (Å²) in [6.07, 6.45) is -0.282. The van der Waals surface area contributed by atoms with Crippen molar-refractivity contribution in [2.75, 3.05) is 60.4 Å². The zero-order valence-corrected chi connectivity index (χ0v) is 22.0. The average Bonchev–Trinajstić information content (AvgIpc) is 3.60. The number of benzene rings is 1. The number of cyclic esters (lactones) is 1. The van der Waals surface area contributed by atoms with Crippen molar-refractivity contribution in [1.82, 2.24) is 10.1 Å². The second kappa shape index (κ2) is 11.4. The number of carbonyl (C=O) groups excluding carboxylic acids is 3. The van der Waals surface area contributed by atoms with Crippen molar-refractivity contribution in [3.8, 4) is 0 Å². The molecule has 2 unspecified atom stereocenters. The molecule has 18 heteroatoms. The monoisotopic (exact) mass is 601 g/mol. The fourth-order valence-electron chi connectivity index (χ4n) is 4.41. The van der Waals surface area contributed by atoms with Crippen molar-refractivity contribution < 1.29 is 55.5 Å². The summed E-state index contributed by atoms with van der Waals surface area (Å²) in [4.78, 5) is 50.0. The summed E-state index contributed by atoms with van der Waals surface area (Å²) >= 11 is 0. The molecule has 2 fully saturated rings. The summed E-state index contributed by atoms with van der Waals surface area (Å²) in [6.45, 7) is -0.514. The number of ketones is 1. The number of carbonyl (C=O) groups is 3. The van der Waals surface area contributed by atoms with Crippen LogP contribution in [0.4, 0.5) is 40.0 Å². The van der Waals surface area contributed by atoms with E-state index >= 15 is 4.39 Å². The van der Waals surface area contributed by atoms with Gasteiger partial charge in [-0.2, -0.15) is 0 Å². The number of allylic oxidation sites excluding steroid dienone is 1. The van der Waals surface area contributed by atoms with Crippen molar-refractivity contribution in [2.24, 2.45) is 0 Å². The third-order valence-corrected chi connectivity index (χ3v) is 7.82. The van der Waals surface area contributed by atoms with E-state index in [2.05, 4.69) is 5.16 Å². The van der Waals surface area contributed by atoms with E-state index < -0.39 is 68.0 Å². The van der Waals surface area contributed by atoms with Crippen LogP contribution in [0.25, 0.3) is 0 Å². The van der Waals surface area contributed by atoms with E-state index in [-0.39, 0.29) is 50.9 Å². The molecule has 2 saturated heterocycles. The maximum Gasteiger partial charge on any atom is 0.491 e. The Kier molecular flexibility index (Phi) is 7.93. The highest BCUT2D eigenvalue weighted by Crippen LogP contribution is 2.49. The number of nitrogens with zero attached hydrogens (tertiary/aromatic N) is 5. The van der Waals surface area contributed by atoms with Crippen LogP contribution >= 0.6 is 7.75 Å². The van der Waals surface area contributed by atoms with Gasteiger partial charge in [0.15, 0.2) is 29.1 Å². The molecule has 1 N–H and O–H groups in total. The molecule has 0 bridgehead atoms. The molecule has 3 aliphatic rings. The molecule has 2 amide bonds. The van der Waals surface area contributed by atoms with E-state index in [0.717, 1.165) is 28.3 Å². The zero-order valence-electron chi connectivity index (χ0n) is 21.2. The van der Waals surface area contributed by atoms with Gasteiger partial charge in [-0.25, -0.2) is 32.0 Å². The van der Waals surface area contributed by atoms with E-state index in [1.807, 2.05) is 0 Å². The molecule has 220 valence electrons. The van der Waals surface area contributed by atoms with Crippen molar-refractivity contribution in [1.29, 1.82) is 0 Å². The van der Waals surface area contributed by atoms with Gasteiger partial charge >= 0.3 is 19.9 Å². The van der Waals surface area contributed by atoms with Crippen LogP contribution in [0.3, 0.4) is 0 Å². The minimum absolute atomic E-state index is 0.0304. The van der Waals surface area contributed by atoms with Crippen LogP contribution in [-0.2, 0) is 23.4 Å². The van der Waals surface area contributed by atoms with Gasteiger partial charge in [-0.3, -0.25) is 14.6 Å². The van der Waals surface area contributed by atoms with Crippen LogP contribution in [0.5, 0.6) is 0 Å². The normalized spacial score (nSPS) is 20.7. The van der Waals surface area contributed by atoms with Crippen LogP contribution in [0.1, 0.15) is 6.42 Å². The van der Waals surface area contributed by atoms with Crippen molar-refractivity contribution in [3.63, 3.8) is 0 Å². The number of ether oxygens (including phenoxy) is 2. The van der Waals surface area contributed by atoms with Gasteiger partial charge in [-0.1, -0.05) is 5.16 Å². The molecule has 1 aromatic carbocycles. The Morgan fingerprint density at radius 3 is 2.61 bits per heavy atom. The van der Waals surface area contributed by atoms with E-state index in [0.29, 0.717) is 15.6 Å². The molecule has 0 radical (unpaired) electrons. The second-order valence-corrected chi connectivity index (χ2v) is 10.7. The summed E-state index contributed by atoms with van der Waals surface area (Å²) < 4.78 is 78.9. The molecule has 41 heavy (non-hydrogen) atoms. The zero-order chi connectivity index (χ0) is 29.3. The Morgan fingerprint density at radius 2 is 1.95 bits per heavy atom. The van der Waals surface area contributed by atoms with Crippen LogP contribution < -0.4 is 14.5 Å². The summed E-state index contributed by atoms with van der Waals surface area (Å²) in [5.41, 5.74) is -1.51. The minimum Gasteiger partial charge on any atom is -0.442 e. The number of halogens is 3. The number of aromatic nitrogens is 1. The first kappa shape index (κ1) is 28.4. The molecule has 1 aromatic heterocycles. The van der Waals surface area contributed by atoms with E-state index in [1.54, 1.807) is 0 Å². The average molecular weight is 601 g/mol. The lowest BCUT2D eigenvalue weighted by molar-refractivity contribution is -0.114. The molecule has 5 rings (SSSR count). The van der Waals surface area contributed by atoms with Crippen LogP contribution in [0, 0.1) is 17.5 Å². The van der Waals surface area contributed by atoms with Crippen LogP contribution in [0.15, 0.2) is 35.2 Å². The first-order valence-electron chi connectivity index (χ1n) is 12.3. The Bertz CT molecular complexity index is 1420. The SMILES string of the molecule is O=C1C=CN(c2c(F)cc(N3CC(CN(c4ccon4)P(=O)(O)OC(=O)N4CCOCC4)OC3=O)c(F)c2F)CC1. The van der Waals surface area contributed by atoms with Gasteiger partial charge < -0.3 is 28.3 Å². The number of anilines is 3. The smallest absolute Gasteiger partial charge is 0.442 e. The van der Waals surface area contributed by atoms with Crippen molar-refractivity contribution >= 4 is 42.9 Å². The Labute approximate surface area is 230 Å². The van der Waals surface area contributed by atoms with Gasteiger partial charge in [0, 0.05) is 44.4 Å². The van der Waals surface area contributed by atoms with Gasteiger partial charge in [0.05, 0.1) is 32.0 Å². The van der Waals surface area contributed by atoms with Gasteiger partial charge in [0.2, 0.25) is 0 Å². The fourth-order valence-corrected chi connectivity index (χ4v) is 5.58. The molecule has 3 aliphatic heterocycles. The lowest BCUT2D eigenvalue weighted by Crippen LogP contribution is -2.42. The second-order valence-electron chi connectivity index (χ2n) is 9.08. The van der Waals surface area contributed by atoms with E-state index in [4.69, 9.17) is 18.5 Å². The highest BCUT2D eigenvalue weighted by Gasteiger charge is 2.43. The molecule has 0 spiro atoms. The van der Waals surface area contributed by atoms with Gasteiger partial charge in [-0.15, -0.1) is 0 Å². The lowest BCUT2D eigenvalue weighted by atomic mass is 10.1. The molecule has 0 saturated carbocycles. The Hall–Kier alpha value is -4.08. The predicted octanol–water partition coefficient (Wildman–Crippen LogP) is 2.79. The summed E-state index contributed by atoms with van der Waals surface area (Å²) in [6, 6.07) is 1.80. The Morgan fingerprint density at radius 1 is 1.20 bits per heavy atom. The number of rotatable bonds is 7. The van der Waals surface area contributed by atoms with Gasteiger partial charge in [0.25, 0.3) is 0 Å². The largest absolute Gasteiger partial charge is 0.491 e. The molecule has 14 nitrogen and oxygen atoms in total. The van der Waals surface area contributed by atoms with Gasteiger partial charge in [-0.05, 0) is 6.08 Å². The number of hydrogen-bond acceptors (Lipinski definition) is 10. The quantitative estimate of drug-likeness (QED) is 0.367. The van der Waals surface area contributed by atoms with E-state index in [9.17, 15) is 32.6 Å². The molecular weight excluding hydrogens is 578 g/mol. The third-order valence-electron chi connectivity index (χ3n) is 6.44. The standard InChI is InChI=1S/C23H23F3N5O9P/c24-16-11-17(19(25)20(26)21(16)28-4-1-14(32)2-5-28)30-12-15(39-23(30)34)13-31(18-3-8-38-27-18)41(35,36)40-22(33)29-6-9-37-10-7-29/h1,3-4,8,11,15H,2,5-7,9-10,12-13H2,(H,35,36). The van der Waals surface area contributed by atoms with E-state index in [1.165, 1.54) is 6.07 Å². The fraction of sp³-hybridized carbons (Fsp3) is 0.391. The topological polar surface area (TPSA) is 155 Å². The lowest BCUT2D eigenvalue weighted by Gasteiger charge is -2.30. The highest BCUT2D eigenvalue weighted by molar-refractivity contribution is 7.55. The predicted molar refractivity (Wildman–Crippen MR) is 133 cm³/mol.